The van der Waals surface area contributed by atoms with Gasteiger partial charge in [0.15, 0.2) is 0 Å². The number of hydrogen-bond acceptors (Lipinski definition) is 2. The van der Waals surface area contributed by atoms with E-state index in [1.54, 1.807) is 0 Å². The Morgan fingerprint density at radius 2 is 2.15 bits per heavy atom. The summed E-state index contributed by atoms with van der Waals surface area (Å²) in [4.78, 5) is 2.59. The molecule has 3 heteroatoms. The SMILES string of the molecule is CCC(N)Cc1cc(Br)ccc1N1CCCCCC1C. The molecular weight excluding hydrogens is 312 g/mol. The van der Waals surface area contributed by atoms with Gasteiger partial charge in [0.05, 0.1) is 0 Å². The third-order valence-electron chi connectivity index (χ3n) is 4.41. The lowest BCUT2D eigenvalue weighted by molar-refractivity contribution is 0.607. The van der Waals surface area contributed by atoms with Crippen molar-refractivity contribution in [3.63, 3.8) is 0 Å². The Bertz CT molecular complexity index is 433. The zero-order valence-electron chi connectivity index (χ0n) is 12.7. The van der Waals surface area contributed by atoms with Crippen molar-refractivity contribution in [3.8, 4) is 0 Å². The van der Waals surface area contributed by atoms with Crippen LogP contribution in [0.5, 0.6) is 0 Å². The topological polar surface area (TPSA) is 29.3 Å². The molecule has 0 spiro atoms. The Morgan fingerprint density at radius 3 is 2.90 bits per heavy atom. The number of rotatable bonds is 4. The monoisotopic (exact) mass is 338 g/mol. The van der Waals surface area contributed by atoms with Crippen LogP contribution in [0.25, 0.3) is 0 Å². The highest BCUT2D eigenvalue weighted by atomic mass is 79.9. The molecule has 2 nitrogen and oxygen atoms in total. The van der Waals surface area contributed by atoms with E-state index in [-0.39, 0.29) is 6.04 Å². The summed E-state index contributed by atoms with van der Waals surface area (Å²) >= 11 is 3.60. The molecule has 1 aliphatic heterocycles. The van der Waals surface area contributed by atoms with Gasteiger partial charge in [-0.3, -0.25) is 0 Å². The number of anilines is 1. The number of hydrogen-bond donors (Lipinski definition) is 1. The van der Waals surface area contributed by atoms with Gasteiger partial charge in [0.25, 0.3) is 0 Å². The fraction of sp³-hybridized carbons (Fsp3) is 0.647. The van der Waals surface area contributed by atoms with Crippen LogP contribution in [0.2, 0.25) is 0 Å². The summed E-state index contributed by atoms with van der Waals surface area (Å²) in [5.41, 5.74) is 8.97. The van der Waals surface area contributed by atoms with Gasteiger partial charge in [-0.2, -0.15) is 0 Å². The lowest BCUT2D eigenvalue weighted by Gasteiger charge is -2.32. The number of nitrogens with two attached hydrogens (primary N) is 1. The summed E-state index contributed by atoms with van der Waals surface area (Å²) in [6.07, 6.45) is 7.32. The minimum atomic E-state index is 0.255. The first-order valence-electron chi connectivity index (χ1n) is 7.92. The normalized spacial score (nSPS) is 21.6. The summed E-state index contributed by atoms with van der Waals surface area (Å²) in [7, 11) is 0. The number of benzene rings is 1. The van der Waals surface area contributed by atoms with Gasteiger partial charge in [-0.05, 0) is 56.4 Å². The second kappa shape index (κ2) is 7.46. The number of nitrogens with zero attached hydrogens (tertiary/aromatic N) is 1. The average molecular weight is 339 g/mol. The molecular formula is C17H27BrN2. The van der Waals surface area contributed by atoms with Crippen molar-refractivity contribution in [2.45, 2.75) is 64.5 Å². The first-order valence-corrected chi connectivity index (χ1v) is 8.71. The van der Waals surface area contributed by atoms with Crippen molar-refractivity contribution in [1.29, 1.82) is 0 Å². The summed E-state index contributed by atoms with van der Waals surface area (Å²) in [5.74, 6) is 0. The largest absolute Gasteiger partial charge is 0.369 e. The van der Waals surface area contributed by atoms with Crippen molar-refractivity contribution in [2.24, 2.45) is 5.73 Å². The van der Waals surface area contributed by atoms with E-state index in [4.69, 9.17) is 5.73 Å². The molecule has 0 radical (unpaired) electrons. The second-order valence-electron chi connectivity index (χ2n) is 6.04. The molecule has 1 fully saturated rings. The van der Waals surface area contributed by atoms with Crippen LogP contribution < -0.4 is 10.6 Å². The maximum atomic E-state index is 6.19. The minimum absolute atomic E-state index is 0.255. The average Bonchev–Trinajstić information content (AvgIpc) is 2.64. The first-order chi connectivity index (χ1) is 9.61. The number of halogens is 1. The van der Waals surface area contributed by atoms with E-state index in [9.17, 15) is 0 Å². The molecule has 112 valence electrons. The van der Waals surface area contributed by atoms with Crippen LogP contribution in [-0.2, 0) is 6.42 Å². The van der Waals surface area contributed by atoms with E-state index >= 15 is 0 Å². The highest BCUT2D eigenvalue weighted by molar-refractivity contribution is 9.10. The van der Waals surface area contributed by atoms with E-state index in [2.05, 4.69) is 52.9 Å². The molecule has 1 heterocycles. The Kier molecular flexibility index (Phi) is 5.91. The van der Waals surface area contributed by atoms with E-state index in [0.29, 0.717) is 6.04 Å². The van der Waals surface area contributed by atoms with E-state index in [1.165, 1.54) is 43.5 Å². The van der Waals surface area contributed by atoms with Crippen LogP contribution in [0.15, 0.2) is 22.7 Å². The van der Waals surface area contributed by atoms with Crippen molar-refractivity contribution < 1.29 is 0 Å². The zero-order chi connectivity index (χ0) is 14.5. The summed E-state index contributed by atoms with van der Waals surface area (Å²) < 4.78 is 1.15. The fourth-order valence-electron chi connectivity index (χ4n) is 3.06. The van der Waals surface area contributed by atoms with Crippen LogP contribution >= 0.6 is 15.9 Å². The van der Waals surface area contributed by atoms with Gasteiger partial charge in [0.1, 0.15) is 0 Å². The lowest BCUT2D eigenvalue weighted by atomic mass is 10.0. The van der Waals surface area contributed by atoms with E-state index in [1.807, 2.05) is 0 Å². The highest BCUT2D eigenvalue weighted by Gasteiger charge is 2.20. The fourth-order valence-corrected chi connectivity index (χ4v) is 3.47. The molecule has 2 N–H and O–H groups in total. The third-order valence-corrected chi connectivity index (χ3v) is 4.90. The van der Waals surface area contributed by atoms with Crippen LogP contribution in [0, 0.1) is 0 Å². The summed E-state index contributed by atoms with van der Waals surface area (Å²) in [6, 6.07) is 7.57. The van der Waals surface area contributed by atoms with Gasteiger partial charge in [0.2, 0.25) is 0 Å². The molecule has 0 bridgehead atoms. The molecule has 1 aliphatic rings. The summed E-state index contributed by atoms with van der Waals surface area (Å²) in [6.45, 7) is 5.70. The molecule has 2 unspecified atom stereocenters. The predicted octanol–water partition coefficient (Wildman–Crippen LogP) is 4.50. The molecule has 0 amide bonds. The highest BCUT2D eigenvalue weighted by Crippen LogP contribution is 2.30. The molecule has 0 saturated carbocycles. The molecule has 0 aliphatic carbocycles. The standard InChI is InChI=1S/C17H27BrN2/c1-3-16(19)12-14-11-15(18)8-9-17(14)20-10-6-4-5-7-13(20)2/h8-9,11,13,16H,3-7,10,12,19H2,1-2H3. The molecule has 0 aromatic heterocycles. The van der Waals surface area contributed by atoms with Crippen molar-refractivity contribution in [2.75, 3.05) is 11.4 Å². The Balaban J connectivity index is 2.28. The zero-order valence-corrected chi connectivity index (χ0v) is 14.3. The lowest BCUT2D eigenvalue weighted by Crippen LogP contribution is -2.34. The van der Waals surface area contributed by atoms with Crippen molar-refractivity contribution in [1.82, 2.24) is 0 Å². The van der Waals surface area contributed by atoms with Crippen LogP contribution in [0.4, 0.5) is 5.69 Å². The van der Waals surface area contributed by atoms with Gasteiger partial charge in [-0.15, -0.1) is 0 Å². The van der Waals surface area contributed by atoms with E-state index in [0.717, 1.165) is 17.3 Å². The molecule has 2 rings (SSSR count). The van der Waals surface area contributed by atoms with Crippen LogP contribution in [0.1, 0.15) is 51.5 Å². The quantitative estimate of drug-likeness (QED) is 0.875. The Hall–Kier alpha value is -0.540. The second-order valence-corrected chi connectivity index (χ2v) is 6.95. The van der Waals surface area contributed by atoms with Gasteiger partial charge < -0.3 is 10.6 Å². The minimum Gasteiger partial charge on any atom is -0.369 e. The predicted molar refractivity (Wildman–Crippen MR) is 91.4 cm³/mol. The van der Waals surface area contributed by atoms with Gasteiger partial charge in [-0.1, -0.05) is 35.7 Å². The van der Waals surface area contributed by atoms with Gasteiger partial charge in [-0.25, -0.2) is 0 Å². The van der Waals surface area contributed by atoms with Gasteiger partial charge >= 0.3 is 0 Å². The molecule has 20 heavy (non-hydrogen) atoms. The van der Waals surface area contributed by atoms with Gasteiger partial charge in [0, 0.05) is 28.8 Å². The first kappa shape index (κ1) is 15.8. The smallest absolute Gasteiger partial charge is 0.0402 e. The Morgan fingerprint density at radius 1 is 1.35 bits per heavy atom. The molecule has 2 atom stereocenters. The van der Waals surface area contributed by atoms with Crippen molar-refractivity contribution >= 4 is 21.6 Å². The van der Waals surface area contributed by atoms with E-state index < -0.39 is 0 Å². The van der Waals surface area contributed by atoms with Crippen LogP contribution in [-0.4, -0.2) is 18.6 Å². The maximum absolute atomic E-state index is 6.19. The van der Waals surface area contributed by atoms with Crippen LogP contribution in [0.3, 0.4) is 0 Å². The maximum Gasteiger partial charge on any atom is 0.0402 e. The summed E-state index contributed by atoms with van der Waals surface area (Å²) in [5, 5.41) is 0. The molecule has 1 aromatic carbocycles. The Labute approximate surface area is 131 Å². The molecule has 1 saturated heterocycles. The molecule has 1 aromatic rings. The third kappa shape index (κ3) is 3.98. The van der Waals surface area contributed by atoms with Crippen molar-refractivity contribution in [3.05, 3.63) is 28.2 Å².